The van der Waals surface area contributed by atoms with E-state index in [-0.39, 0.29) is 0 Å². The Balaban J connectivity index is 1.54. The number of aryl methyl sites for hydroxylation is 1. The third-order valence-electron chi connectivity index (χ3n) is 10.0. The molecule has 0 saturated heterocycles. The maximum atomic E-state index is 2.57. The van der Waals surface area contributed by atoms with Crippen molar-refractivity contribution in [3.63, 3.8) is 0 Å². The SMILES string of the molecule is CCCCCCCCCCCCCCCCCCc1n(-c2ccccc2)cc[n+]1CCCCCCCCCCCCCCCC. The molecule has 2 nitrogen and oxygen atoms in total. The molecule has 2 heteroatoms. The second kappa shape index (κ2) is 29.8. The highest BCUT2D eigenvalue weighted by Crippen LogP contribution is 2.17. The molecule has 1 aromatic carbocycles. The average molecular weight is 622 g/mol. The Kier molecular flexibility index (Phi) is 26.2. The molecule has 0 N–H and O–H groups in total. The van der Waals surface area contributed by atoms with Gasteiger partial charge in [0.05, 0.1) is 6.54 Å². The summed E-state index contributed by atoms with van der Waals surface area (Å²) in [4.78, 5) is 0. The van der Waals surface area contributed by atoms with Crippen LogP contribution >= 0.6 is 0 Å². The van der Waals surface area contributed by atoms with Crippen molar-refractivity contribution in [1.82, 2.24) is 4.57 Å². The maximum Gasteiger partial charge on any atom is 0.261 e. The predicted molar refractivity (Wildman–Crippen MR) is 200 cm³/mol. The highest BCUT2D eigenvalue weighted by Gasteiger charge is 2.18. The smallest absolute Gasteiger partial charge is 0.234 e. The van der Waals surface area contributed by atoms with Crippen LogP contribution in [0.25, 0.3) is 5.69 Å². The normalized spacial score (nSPS) is 11.5. The number of unbranched alkanes of at least 4 members (excludes halogenated alkanes) is 28. The molecule has 0 unspecified atom stereocenters. The van der Waals surface area contributed by atoms with Gasteiger partial charge in [0.25, 0.3) is 5.82 Å². The molecule has 0 fully saturated rings. The molecular formula is C43H77N2+. The maximum absolute atomic E-state index is 2.57. The lowest BCUT2D eigenvalue weighted by atomic mass is 10.0. The van der Waals surface area contributed by atoms with Crippen LogP contribution in [-0.4, -0.2) is 4.57 Å². The second-order valence-corrected chi connectivity index (χ2v) is 14.3. The fourth-order valence-corrected chi connectivity index (χ4v) is 7.06. The van der Waals surface area contributed by atoms with Gasteiger partial charge in [0, 0.05) is 6.42 Å². The molecule has 0 atom stereocenters. The molecule has 1 heterocycles. The molecule has 0 aliphatic carbocycles. The van der Waals surface area contributed by atoms with Crippen LogP contribution in [0.5, 0.6) is 0 Å². The van der Waals surface area contributed by atoms with Crippen LogP contribution in [0.2, 0.25) is 0 Å². The molecule has 0 aliphatic rings. The van der Waals surface area contributed by atoms with Gasteiger partial charge in [-0.05, 0) is 31.4 Å². The average Bonchev–Trinajstić information content (AvgIpc) is 3.47. The highest BCUT2D eigenvalue weighted by atomic mass is 15.1. The molecule has 258 valence electrons. The monoisotopic (exact) mass is 622 g/mol. The van der Waals surface area contributed by atoms with Gasteiger partial charge in [-0.1, -0.05) is 205 Å². The van der Waals surface area contributed by atoms with Crippen molar-refractivity contribution in [3.8, 4) is 5.69 Å². The Morgan fingerprint density at radius 3 is 1.18 bits per heavy atom. The lowest BCUT2D eigenvalue weighted by Crippen LogP contribution is -2.37. The lowest BCUT2D eigenvalue weighted by molar-refractivity contribution is -0.704. The van der Waals surface area contributed by atoms with Crippen LogP contribution < -0.4 is 4.57 Å². The predicted octanol–water partition coefficient (Wildman–Crippen LogP) is 14.1. The molecule has 0 radical (unpaired) electrons. The molecule has 0 spiro atoms. The zero-order valence-corrected chi connectivity index (χ0v) is 30.6. The third kappa shape index (κ3) is 21.0. The quantitative estimate of drug-likeness (QED) is 0.0554. The van der Waals surface area contributed by atoms with Crippen LogP contribution in [0.1, 0.15) is 212 Å². The first-order valence-corrected chi connectivity index (χ1v) is 20.5. The van der Waals surface area contributed by atoms with Gasteiger partial charge >= 0.3 is 0 Å². The van der Waals surface area contributed by atoms with Gasteiger partial charge < -0.3 is 0 Å². The van der Waals surface area contributed by atoms with E-state index in [1.54, 1.807) is 0 Å². The number of benzene rings is 1. The Labute approximate surface area is 282 Å². The molecule has 2 rings (SSSR count). The van der Waals surface area contributed by atoms with Crippen molar-refractivity contribution in [2.45, 2.75) is 219 Å². The minimum Gasteiger partial charge on any atom is -0.234 e. The van der Waals surface area contributed by atoms with Crippen molar-refractivity contribution in [3.05, 3.63) is 48.5 Å². The fourth-order valence-electron chi connectivity index (χ4n) is 7.06. The van der Waals surface area contributed by atoms with E-state index < -0.39 is 0 Å². The van der Waals surface area contributed by atoms with Gasteiger partial charge in [-0.2, -0.15) is 4.57 Å². The first kappa shape index (κ1) is 39.6. The first-order chi connectivity index (χ1) is 22.4. The minimum atomic E-state index is 1.17. The number of hydrogen-bond acceptors (Lipinski definition) is 0. The fraction of sp³-hybridized carbons (Fsp3) is 0.791. The van der Waals surface area contributed by atoms with E-state index in [2.05, 4.69) is 65.7 Å². The summed E-state index contributed by atoms with van der Waals surface area (Å²) < 4.78 is 5.02. The van der Waals surface area contributed by atoms with Crippen LogP contribution in [-0.2, 0) is 13.0 Å². The standard InChI is InChI=1S/C43H77N2/c1-3-5-7-9-11-13-15-17-19-20-21-23-25-27-29-34-38-43-44(40-41-45(43)42-36-32-31-33-37-42)39-35-30-28-26-24-22-18-16-14-12-10-8-6-4-2/h31-33,36-37,40-41H,3-30,34-35,38-39H2,1-2H3/q+1. The Morgan fingerprint density at radius 1 is 0.422 bits per heavy atom. The Morgan fingerprint density at radius 2 is 0.778 bits per heavy atom. The molecule has 45 heavy (non-hydrogen) atoms. The number of nitrogens with zero attached hydrogens (tertiary/aromatic N) is 2. The molecule has 2 aromatic rings. The highest BCUT2D eigenvalue weighted by molar-refractivity contribution is 5.31. The lowest BCUT2D eigenvalue weighted by Gasteiger charge is -2.07. The molecule has 0 amide bonds. The van der Waals surface area contributed by atoms with Crippen LogP contribution in [0.15, 0.2) is 42.7 Å². The molecule has 0 bridgehead atoms. The summed E-state index contributed by atoms with van der Waals surface area (Å²) in [5, 5.41) is 0. The number of hydrogen-bond donors (Lipinski definition) is 0. The van der Waals surface area contributed by atoms with E-state index in [0.29, 0.717) is 0 Å². The van der Waals surface area contributed by atoms with Crippen molar-refractivity contribution in [2.75, 3.05) is 0 Å². The minimum absolute atomic E-state index is 1.17. The number of rotatable bonds is 33. The van der Waals surface area contributed by atoms with Crippen LogP contribution in [0.3, 0.4) is 0 Å². The van der Waals surface area contributed by atoms with Crippen LogP contribution in [0, 0.1) is 0 Å². The zero-order chi connectivity index (χ0) is 31.9. The Bertz CT molecular complexity index is 869. The summed E-state index contributed by atoms with van der Waals surface area (Å²) in [6.07, 6.45) is 48.7. The van der Waals surface area contributed by atoms with Gasteiger partial charge in [0.2, 0.25) is 0 Å². The van der Waals surface area contributed by atoms with E-state index >= 15 is 0 Å². The van der Waals surface area contributed by atoms with E-state index in [0.717, 1.165) is 0 Å². The molecule has 0 saturated carbocycles. The Hall–Kier alpha value is -1.57. The van der Waals surface area contributed by atoms with Gasteiger partial charge in [-0.3, -0.25) is 0 Å². The van der Waals surface area contributed by atoms with Gasteiger partial charge in [0.1, 0.15) is 18.1 Å². The van der Waals surface area contributed by atoms with E-state index in [9.17, 15) is 0 Å². The van der Waals surface area contributed by atoms with Gasteiger partial charge in [-0.15, -0.1) is 0 Å². The number of imidazole rings is 1. The summed E-state index contributed by atoms with van der Waals surface area (Å²) in [6.45, 7) is 5.79. The topological polar surface area (TPSA) is 8.81 Å². The van der Waals surface area contributed by atoms with Crippen molar-refractivity contribution < 1.29 is 4.57 Å². The summed E-state index contributed by atoms with van der Waals surface area (Å²) >= 11 is 0. The van der Waals surface area contributed by atoms with E-state index in [4.69, 9.17) is 0 Å². The van der Waals surface area contributed by atoms with Crippen molar-refractivity contribution >= 4 is 0 Å². The van der Waals surface area contributed by atoms with Gasteiger partial charge in [0.15, 0.2) is 0 Å². The molecule has 0 aliphatic heterocycles. The number of aromatic nitrogens is 2. The third-order valence-corrected chi connectivity index (χ3v) is 10.0. The van der Waals surface area contributed by atoms with Gasteiger partial charge in [-0.25, -0.2) is 4.57 Å². The van der Waals surface area contributed by atoms with Crippen LogP contribution in [0.4, 0.5) is 0 Å². The summed E-state index contributed by atoms with van der Waals surface area (Å²) in [5.74, 6) is 1.50. The van der Waals surface area contributed by atoms with Crippen molar-refractivity contribution in [1.29, 1.82) is 0 Å². The van der Waals surface area contributed by atoms with E-state index in [1.807, 2.05) is 0 Å². The summed E-state index contributed by atoms with van der Waals surface area (Å²) in [6, 6.07) is 11.0. The second-order valence-electron chi connectivity index (χ2n) is 14.3. The zero-order valence-electron chi connectivity index (χ0n) is 30.6. The number of para-hydroxylation sites is 1. The van der Waals surface area contributed by atoms with Crippen molar-refractivity contribution in [2.24, 2.45) is 0 Å². The molecular weight excluding hydrogens is 544 g/mol. The summed E-state index contributed by atoms with van der Waals surface area (Å²) in [7, 11) is 0. The first-order valence-electron chi connectivity index (χ1n) is 20.5. The largest absolute Gasteiger partial charge is 0.261 e. The molecule has 1 aromatic heterocycles. The summed E-state index contributed by atoms with van der Waals surface area (Å²) in [5.41, 5.74) is 1.31. The van der Waals surface area contributed by atoms with E-state index in [1.165, 1.54) is 217 Å².